The molecule has 1 N–H and O–H groups in total. The van der Waals surface area contributed by atoms with Gasteiger partial charge in [0.15, 0.2) is 0 Å². The second kappa shape index (κ2) is 7.81. The Kier molecular flexibility index (Phi) is 5.63. The molecule has 2 heterocycles. The van der Waals surface area contributed by atoms with Gasteiger partial charge in [0.2, 0.25) is 0 Å². The van der Waals surface area contributed by atoms with Crippen LogP contribution in [0.3, 0.4) is 0 Å². The fraction of sp³-hybridized carbons (Fsp3) is 0.150. The van der Waals surface area contributed by atoms with Crippen LogP contribution in [0.1, 0.15) is 28.5 Å². The molecule has 0 bridgehead atoms. The first-order valence-electron chi connectivity index (χ1n) is 8.23. The maximum Gasteiger partial charge on any atom is 0.286 e. The van der Waals surface area contributed by atoms with Crippen LogP contribution in [-0.4, -0.2) is 15.9 Å². The monoisotopic (exact) mass is 421 g/mol. The van der Waals surface area contributed by atoms with Crippen LogP contribution in [0.4, 0.5) is 14.5 Å². The lowest BCUT2D eigenvalue weighted by Crippen LogP contribution is -2.15. The number of carbonyl (C=O) groups excluding carboxylic acids is 1. The van der Waals surface area contributed by atoms with Crippen molar-refractivity contribution >= 4 is 34.8 Å². The third kappa shape index (κ3) is 4.64. The van der Waals surface area contributed by atoms with Gasteiger partial charge in [-0.1, -0.05) is 29.3 Å². The first-order chi connectivity index (χ1) is 13.1. The Morgan fingerprint density at radius 2 is 1.75 bits per heavy atom. The van der Waals surface area contributed by atoms with Gasteiger partial charge in [0.1, 0.15) is 16.0 Å². The van der Waals surface area contributed by atoms with Crippen molar-refractivity contribution < 1.29 is 13.6 Å². The maximum absolute atomic E-state index is 13.5. The average molecular weight is 422 g/mol. The highest BCUT2D eigenvalue weighted by atomic mass is 35.5. The Bertz CT molecular complexity index is 1030. The molecule has 0 fully saturated rings. The molecule has 4 nitrogen and oxygen atoms in total. The lowest BCUT2D eigenvalue weighted by atomic mass is 10.0. The largest absolute Gasteiger partial charge is 0.322 e. The van der Waals surface area contributed by atoms with Gasteiger partial charge in [0, 0.05) is 24.4 Å². The van der Waals surface area contributed by atoms with Crippen molar-refractivity contribution in [3.05, 3.63) is 75.8 Å². The Morgan fingerprint density at radius 3 is 2.39 bits per heavy atom. The Hall–Kier alpha value is -2.57. The number of hydrogen-bond donors (Lipinski definition) is 1. The molecule has 2 aromatic heterocycles. The molecule has 0 unspecified atom stereocenters. The number of aryl methyl sites for hydroxylation is 1. The van der Waals surface area contributed by atoms with Crippen LogP contribution in [0.15, 0.2) is 48.7 Å². The van der Waals surface area contributed by atoms with Crippen LogP contribution >= 0.6 is 23.2 Å². The summed E-state index contributed by atoms with van der Waals surface area (Å²) >= 11 is 12.0. The van der Waals surface area contributed by atoms with Crippen molar-refractivity contribution in [2.45, 2.75) is 19.8 Å². The van der Waals surface area contributed by atoms with E-state index < -0.39 is 17.5 Å². The van der Waals surface area contributed by atoms with E-state index in [1.165, 1.54) is 12.3 Å². The molecule has 0 saturated heterocycles. The van der Waals surface area contributed by atoms with Crippen LogP contribution < -0.4 is 5.32 Å². The molecule has 0 radical (unpaired) electrons. The molecule has 144 valence electrons. The number of anilines is 1. The molecule has 0 aliphatic rings. The van der Waals surface area contributed by atoms with Gasteiger partial charge in [-0.25, -0.2) is 4.98 Å². The number of halogens is 4. The zero-order chi connectivity index (χ0) is 20.5. The number of aromatic nitrogens is 2. The number of alkyl halides is 2. The van der Waals surface area contributed by atoms with E-state index in [0.717, 1.165) is 29.7 Å². The predicted octanol–water partition coefficient (Wildman–Crippen LogP) is 6.12. The number of pyridine rings is 2. The van der Waals surface area contributed by atoms with Gasteiger partial charge in [-0.2, -0.15) is 8.78 Å². The van der Waals surface area contributed by atoms with Crippen LogP contribution in [-0.2, 0) is 5.92 Å². The minimum absolute atomic E-state index is 0.0867. The predicted molar refractivity (Wildman–Crippen MR) is 106 cm³/mol. The van der Waals surface area contributed by atoms with E-state index in [9.17, 15) is 13.6 Å². The topological polar surface area (TPSA) is 54.9 Å². The van der Waals surface area contributed by atoms with Crippen LogP contribution in [0.25, 0.3) is 11.1 Å². The molecule has 8 heteroatoms. The molecule has 1 amide bonds. The maximum atomic E-state index is 13.5. The van der Waals surface area contributed by atoms with E-state index in [1.54, 1.807) is 24.3 Å². The summed E-state index contributed by atoms with van der Waals surface area (Å²) in [5.41, 5.74) is 2.61. The van der Waals surface area contributed by atoms with E-state index in [1.807, 2.05) is 13.0 Å². The first kappa shape index (κ1) is 20.2. The highest BCUT2D eigenvalue weighted by Crippen LogP contribution is 2.30. The molecule has 0 aliphatic heterocycles. The first-order valence-corrected chi connectivity index (χ1v) is 8.99. The normalized spacial score (nSPS) is 11.4. The number of hydrogen-bond acceptors (Lipinski definition) is 3. The molecular weight excluding hydrogens is 407 g/mol. The van der Waals surface area contributed by atoms with Gasteiger partial charge in [-0.3, -0.25) is 9.78 Å². The van der Waals surface area contributed by atoms with Crippen molar-refractivity contribution in [2.75, 3.05) is 5.32 Å². The average Bonchev–Trinajstić information content (AvgIpc) is 2.62. The Morgan fingerprint density at radius 1 is 1.07 bits per heavy atom. The van der Waals surface area contributed by atoms with Gasteiger partial charge >= 0.3 is 0 Å². The summed E-state index contributed by atoms with van der Waals surface area (Å²) < 4.78 is 26.9. The summed E-state index contributed by atoms with van der Waals surface area (Å²) in [6.45, 7) is 2.63. The Balaban J connectivity index is 1.90. The van der Waals surface area contributed by atoms with Crippen molar-refractivity contribution in [3.63, 3.8) is 0 Å². The van der Waals surface area contributed by atoms with E-state index >= 15 is 0 Å². The van der Waals surface area contributed by atoms with E-state index in [4.69, 9.17) is 23.2 Å². The minimum atomic E-state index is -3.13. The van der Waals surface area contributed by atoms with Crippen molar-refractivity contribution in [3.8, 4) is 11.1 Å². The highest BCUT2D eigenvalue weighted by Gasteiger charge is 2.26. The Labute approximate surface area is 170 Å². The molecule has 3 rings (SSSR count). The lowest BCUT2D eigenvalue weighted by molar-refractivity contribution is 0.0127. The second-order valence-corrected chi connectivity index (χ2v) is 7.08. The number of amides is 1. The summed E-state index contributed by atoms with van der Waals surface area (Å²) in [6.07, 6.45) is 1.18. The molecule has 28 heavy (non-hydrogen) atoms. The summed E-state index contributed by atoms with van der Waals surface area (Å²) in [6, 6.07) is 11.1. The fourth-order valence-corrected chi connectivity index (χ4v) is 3.11. The molecule has 0 saturated carbocycles. The SMILES string of the molecule is Cc1ccc(NC(=O)c2ccnc(C(C)(F)F)c2)cc1-c1cc(Cl)nc(Cl)c1. The standard InChI is InChI=1S/C20H15Cl2F2N3O/c1-11-3-4-14(10-15(11)13-8-17(21)27-18(22)9-13)26-19(28)12-5-6-25-16(7-12)20(2,23)24/h3-10H,1-2H3,(H,26,28). The summed E-state index contributed by atoms with van der Waals surface area (Å²) in [4.78, 5) is 20.0. The van der Waals surface area contributed by atoms with Gasteiger partial charge in [-0.15, -0.1) is 0 Å². The van der Waals surface area contributed by atoms with Crippen LogP contribution in [0.5, 0.6) is 0 Å². The van der Waals surface area contributed by atoms with E-state index in [2.05, 4.69) is 15.3 Å². The summed E-state index contributed by atoms with van der Waals surface area (Å²) in [5, 5.41) is 3.21. The smallest absolute Gasteiger partial charge is 0.286 e. The molecule has 0 spiro atoms. The third-order valence-corrected chi connectivity index (χ3v) is 4.43. The van der Waals surface area contributed by atoms with Crippen molar-refractivity contribution in [1.82, 2.24) is 9.97 Å². The van der Waals surface area contributed by atoms with E-state index in [-0.39, 0.29) is 15.9 Å². The number of nitrogens with one attached hydrogen (secondary N) is 1. The number of benzene rings is 1. The summed E-state index contributed by atoms with van der Waals surface area (Å²) in [5.74, 6) is -3.65. The summed E-state index contributed by atoms with van der Waals surface area (Å²) in [7, 11) is 0. The number of rotatable bonds is 4. The molecule has 3 aromatic rings. The quantitative estimate of drug-likeness (QED) is 0.515. The van der Waals surface area contributed by atoms with Gasteiger partial charge in [0.25, 0.3) is 11.8 Å². The fourth-order valence-electron chi connectivity index (χ4n) is 2.65. The van der Waals surface area contributed by atoms with Crippen molar-refractivity contribution in [2.24, 2.45) is 0 Å². The van der Waals surface area contributed by atoms with Crippen LogP contribution in [0, 0.1) is 6.92 Å². The molecular formula is C20H15Cl2F2N3O. The van der Waals surface area contributed by atoms with Crippen molar-refractivity contribution in [1.29, 1.82) is 0 Å². The second-order valence-electron chi connectivity index (χ2n) is 6.30. The zero-order valence-corrected chi connectivity index (χ0v) is 16.4. The van der Waals surface area contributed by atoms with E-state index in [0.29, 0.717) is 5.69 Å². The lowest BCUT2D eigenvalue weighted by Gasteiger charge is -2.13. The highest BCUT2D eigenvalue weighted by molar-refractivity contribution is 6.32. The molecule has 0 aliphatic carbocycles. The zero-order valence-electron chi connectivity index (χ0n) is 14.9. The molecule has 0 atom stereocenters. The number of carbonyl (C=O) groups is 1. The van der Waals surface area contributed by atoms with Gasteiger partial charge < -0.3 is 5.32 Å². The van der Waals surface area contributed by atoms with Gasteiger partial charge in [-0.05, 0) is 60.0 Å². The minimum Gasteiger partial charge on any atom is -0.322 e. The molecule has 1 aromatic carbocycles. The third-order valence-electron chi connectivity index (χ3n) is 4.04. The number of nitrogens with zero attached hydrogens (tertiary/aromatic N) is 2. The van der Waals surface area contributed by atoms with Crippen LogP contribution in [0.2, 0.25) is 10.3 Å². The van der Waals surface area contributed by atoms with Gasteiger partial charge in [0.05, 0.1) is 0 Å².